The van der Waals surface area contributed by atoms with Gasteiger partial charge >= 0.3 is 0 Å². The standard InChI is InChI=1S/C18H16N2O2S2/c1-2-3-9-19-17(23)15-11-13(20(21)22)10-14(16(15)18(19)24)12-7-5-4-6-8-12/h4-8,10-11H,2-3,9H2,1H3. The lowest BCUT2D eigenvalue weighted by Gasteiger charge is -2.17. The zero-order chi connectivity index (χ0) is 17.3. The number of fused-ring (bicyclic) bond motifs is 1. The summed E-state index contributed by atoms with van der Waals surface area (Å²) >= 11 is 11.2. The molecule has 0 spiro atoms. The van der Waals surface area contributed by atoms with E-state index in [1.54, 1.807) is 12.1 Å². The van der Waals surface area contributed by atoms with Crippen molar-refractivity contribution < 1.29 is 4.92 Å². The summed E-state index contributed by atoms with van der Waals surface area (Å²) in [5.41, 5.74) is 3.24. The van der Waals surface area contributed by atoms with Crippen molar-refractivity contribution in [2.45, 2.75) is 19.8 Å². The quantitative estimate of drug-likeness (QED) is 0.440. The topological polar surface area (TPSA) is 46.4 Å². The minimum Gasteiger partial charge on any atom is -0.323 e. The van der Waals surface area contributed by atoms with Crippen LogP contribution in [0.4, 0.5) is 5.69 Å². The van der Waals surface area contributed by atoms with Crippen LogP contribution in [0.25, 0.3) is 11.1 Å². The molecule has 1 aliphatic heterocycles. The highest BCUT2D eigenvalue weighted by atomic mass is 32.1. The van der Waals surface area contributed by atoms with E-state index in [2.05, 4.69) is 6.92 Å². The van der Waals surface area contributed by atoms with E-state index in [9.17, 15) is 10.1 Å². The van der Waals surface area contributed by atoms with E-state index in [0.29, 0.717) is 15.5 Å². The molecule has 0 aromatic heterocycles. The predicted octanol–water partition coefficient (Wildman–Crippen LogP) is 4.73. The van der Waals surface area contributed by atoms with Crippen LogP contribution in [-0.2, 0) is 0 Å². The summed E-state index contributed by atoms with van der Waals surface area (Å²) in [7, 11) is 0. The molecule has 0 aliphatic carbocycles. The molecule has 6 heteroatoms. The van der Waals surface area contributed by atoms with Gasteiger partial charge in [-0.25, -0.2) is 0 Å². The first-order valence-corrected chi connectivity index (χ1v) is 8.60. The van der Waals surface area contributed by atoms with E-state index in [-0.39, 0.29) is 10.6 Å². The van der Waals surface area contributed by atoms with Crippen LogP contribution in [0.1, 0.15) is 30.9 Å². The Bertz CT molecular complexity index is 834. The molecule has 0 saturated carbocycles. The van der Waals surface area contributed by atoms with Crippen LogP contribution in [0.5, 0.6) is 0 Å². The maximum absolute atomic E-state index is 11.3. The molecular weight excluding hydrogens is 340 g/mol. The minimum atomic E-state index is -0.382. The average Bonchev–Trinajstić information content (AvgIpc) is 2.84. The Morgan fingerprint density at radius 2 is 1.75 bits per heavy atom. The van der Waals surface area contributed by atoms with Crippen LogP contribution in [0.2, 0.25) is 0 Å². The third-order valence-electron chi connectivity index (χ3n) is 4.09. The van der Waals surface area contributed by atoms with Gasteiger partial charge in [0.25, 0.3) is 5.69 Å². The van der Waals surface area contributed by atoms with Gasteiger partial charge in [0.05, 0.1) is 4.92 Å². The highest BCUT2D eigenvalue weighted by Crippen LogP contribution is 2.37. The largest absolute Gasteiger partial charge is 0.323 e. The van der Waals surface area contributed by atoms with Crippen molar-refractivity contribution in [3.63, 3.8) is 0 Å². The van der Waals surface area contributed by atoms with Crippen molar-refractivity contribution in [3.8, 4) is 11.1 Å². The van der Waals surface area contributed by atoms with Gasteiger partial charge in [-0.2, -0.15) is 0 Å². The first-order chi connectivity index (χ1) is 11.5. The summed E-state index contributed by atoms with van der Waals surface area (Å²) < 4.78 is 0. The molecule has 0 N–H and O–H groups in total. The number of hydrogen-bond acceptors (Lipinski definition) is 4. The van der Waals surface area contributed by atoms with Crippen LogP contribution in [0.3, 0.4) is 0 Å². The molecular formula is C18H16N2O2S2. The second-order valence-electron chi connectivity index (χ2n) is 5.65. The van der Waals surface area contributed by atoms with Gasteiger partial charge < -0.3 is 4.90 Å². The lowest BCUT2D eigenvalue weighted by atomic mass is 9.96. The predicted molar refractivity (Wildman–Crippen MR) is 104 cm³/mol. The number of non-ortho nitro benzene ring substituents is 1. The summed E-state index contributed by atoms with van der Waals surface area (Å²) in [6.07, 6.45) is 2.00. The highest BCUT2D eigenvalue weighted by Gasteiger charge is 2.33. The normalized spacial score (nSPS) is 13.3. The number of benzene rings is 2. The molecule has 2 aromatic rings. The van der Waals surface area contributed by atoms with E-state index in [1.165, 1.54) is 0 Å². The van der Waals surface area contributed by atoms with Crippen LogP contribution < -0.4 is 0 Å². The third-order valence-corrected chi connectivity index (χ3v) is 4.95. The fourth-order valence-electron chi connectivity index (χ4n) is 2.87. The second-order valence-corrected chi connectivity index (χ2v) is 6.43. The molecule has 4 nitrogen and oxygen atoms in total. The van der Waals surface area contributed by atoms with Gasteiger partial charge in [0.15, 0.2) is 0 Å². The van der Waals surface area contributed by atoms with Gasteiger partial charge in [-0.15, -0.1) is 0 Å². The van der Waals surface area contributed by atoms with Crippen molar-refractivity contribution in [1.82, 2.24) is 4.90 Å². The Kier molecular flexibility index (Phi) is 4.69. The molecule has 0 radical (unpaired) electrons. The number of nitrogens with zero attached hydrogens (tertiary/aromatic N) is 2. The maximum atomic E-state index is 11.3. The molecule has 122 valence electrons. The number of hydrogen-bond donors (Lipinski definition) is 0. The molecule has 24 heavy (non-hydrogen) atoms. The van der Waals surface area contributed by atoms with Gasteiger partial charge in [-0.05, 0) is 17.5 Å². The van der Waals surface area contributed by atoms with E-state index in [4.69, 9.17) is 24.4 Å². The van der Waals surface area contributed by atoms with E-state index in [1.807, 2.05) is 35.2 Å². The third kappa shape index (κ3) is 2.83. The molecule has 0 bridgehead atoms. The van der Waals surface area contributed by atoms with Gasteiger partial charge in [0, 0.05) is 29.8 Å². The first kappa shape index (κ1) is 16.7. The van der Waals surface area contributed by atoms with Gasteiger partial charge in [0.1, 0.15) is 9.98 Å². The molecule has 2 aromatic carbocycles. The lowest BCUT2D eigenvalue weighted by molar-refractivity contribution is -0.384. The van der Waals surface area contributed by atoms with Crippen LogP contribution in [0, 0.1) is 10.1 Å². The SMILES string of the molecule is CCCCN1C(=S)c2cc([N+](=O)[O-])cc(-c3ccccc3)c2C1=S. The Morgan fingerprint density at radius 1 is 1.08 bits per heavy atom. The van der Waals surface area contributed by atoms with E-state index in [0.717, 1.165) is 36.1 Å². The molecule has 0 atom stereocenters. The zero-order valence-corrected chi connectivity index (χ0v) is 14.8. The number of nitro groups is 1. The summed E-state index contributed by atoms with van der Waals surface area (Å²) in [5.74, 6) is 0. The highest BCUT2D eigenvalue weighted by molar-refractivity contribution is 7.82. The van der Waals surface area contributed by atoms with Gasteiger partial charge in [0.2, 0.25) is 0 Å². The molecule has 1 aliphatic rings. The van der Waals surface area contributed by atoms with E-state index >= 15 is 0 Å². The number of thiocarbonyl (C=S) groups is 2. The van der Waals surface area contributed by atoms with Crippen molar-refractivity contribution in [1.29, 1.82) is 0 Å². The maximum Gasteiger partial charge on any atom is 0.270 e. The number of unbranched alkanes of at least 4 members (excludes halogenated alkanes) is 1. The number of nitro benzene ring substituents is 1. The molecule has 0 amide bonds. The Morgan fingerprint density at radius 3 is 2.38 bits per heavy atom. The van der Waals surface area contributed by atoms with Crippen molar-refractivity contribution in [3.05, 3.63) is 63.7 Å². The van der Waals surface area contributed by atoms with Crippen LogP contribution in [-0.4, -0.2) is 26.3 Å². The van der Waals surface area contributed by atoms with Gasteiger partial charge in [-0.1, -0.05) is 68.1 Å². The van der Waals surface area contributed by atoms with Crippen LogP contribution in [0.15, 0.2) is 42.5 Å². The van der Waals surface area contributed by atoms with E-state index < -0.39 is 0 Å². The fraction of sp³-hybridized carbons (Fsp3) is 0.222. The van der Waals surface area contributed by atoms with Crippen molar-refractivity contribution >= 4 is 40.1 Å². The van der Waals surface area contributed by atoms with Crippen molar-refractivity contribution in [2.75, 3.05) is 6.54 Å². The monoisotopic (exact) mass is 356 g/mol. The zero-order valence-electron chi connectivity index (χ0n) is 13.2. The van der Waals surface area contributed by atoms with Crippen molar-refractivity contribution in [2.24, 2.45) is 0 Å². The molecule has 1 heterocycles. The summed E-state index contributed by atoms with van der Waals surface area (Å²) in [4.78, 5) is 14.1. The van der Waals surface area contributed by atoms with Crippen LogP contribution >= 0.6 is 24.4 Å². The molecule has 0 unspecified atom stereocenters. The molecule has 0 fully saturated rings. The Labute approximate surface area is 151 Å². The summed E-state index contributed by atoms with van der Waals surface area (Å²) in [6, 6.07) is 12.7. The Hall–Kier alpha value is -2.18. The van der Waals surface area contributed by atoms with Gasteiger partial charge in [-0.3, -0.25) is 10.1 Å². The second kappa shape index (κ2) is 6.75. The summed E-state index contributed by atoms with van der Waals surface area (Å²) in [6.45, 7) is 2.85. The Balaban J connectivity index is 2.19. The molecule has 0 saturated heterocycles. The first-order valence-electron chi connectivity index (χ1n) is 7.78. The number of rotatable bonds is 5. The summed E-state index contributed by atoms with van der Waals surface area (Å²) in [5, 5.41) is 11.3. The fourth-order valence-corrected chi connectivity index (χ4v) is 3.67. The molecule has 3 rings (SSSR count). The minimum absolute atomic E-state index is 0.0371. The smallest absolute Gasteiger partial charge is 0.270 e. The average molecular weight is 356 g/mol. The lowest BCUT2D eigenvalue weighted by Crippen LogP contribution is -2.29.